The summed E-state index contributed by atoms with van der Waals surface area (Å²) in [5, 5.41) is 3.01. The molecule has 3 unspecified atom stereocenters. The highest BCUT2D eigenvalue weighted by Crippen LogP contribution is 2.30. The van der Waals surface area contributed by atoms with Crippen LogP contribution in [0.1, 0.15) is 24.9 Å². The maximum atomic E-state index is 12.2. The van der Waals surface area contributed by atoms with Crippen LogP contribution in [-0.2, 0) is 4.79 Å². The lowest BCUT2D eigenvalue weighted by atomic mass is 10.0. The van der Waals surface area contributed by atoms with Gasteiger partial charge >= 0.3 is 0 Å². The van der Waals surface area contributed by atoms with Crippen LogP contribution >= 0.6 is 0 Å². The number of hydrogen-bond donors (Lipinski definition) is 2. The molecule has 0 aliphatic heterocycles. The highest BCUT2D eigenvalue weighted by molar-refractivity contribution is 5.81. The number of ether oxygens (including phenoxy) is 2. The number of methoxy groups -OCH3 is 2. The van der Waals surface area contributed by atoms with Gasteiger partial charge in [0.25, 0.3) is 0 Å². The van der Waals surface area contributed by atoms with Gasteiger partial charge in [-0.05, 0) is 31.0 Å². The Morgan fingerprint density at radius 2 is 2.00 bits per heavy atom. The van der Waals surface area contributed by atoms with Crippen LogP contribution in [0.25, 0.3) is 0 Å². The third-order valence-electron chi connectivity index (χ3n) is 3.72. The lowest BCUT2D eigenvalue weighted by Crippen LogP contribution is -2.32. The minimum atomic E-state index is -0.136. The predicted octanol–water partition coefficient (Wildman–Crippen LogP) is 1.78. The quantitative estimate of drug-likeness (QED) is 0.811. The monoisotopic (exact) mass is 290 g/mol. The summed E-state index contributed by atoms with van der Waals surface area (Å²) in [7, 11) is 3.19. The van der Waals surface area contributed by atoms with E-state index in [9.17, 15) is 4.79 Å². The van der Waals surface area contributed by atoms with Crippen molar-refractivity contribution in [3.05, 3.63) is 35.9 Å². The molecule has 0 heterocycles. The molecule has 0 saturated carbocycles. The molecule has 1 aliphatic carbocycles. The molecule has 5 heteroatoms. The van der Waals surface area contributed by atoms with Crippen LogP contribution in [0.15, 0.2) is 30.4 Å². The van der Waals surface area contributed by atoms with Gasteiger partial charge in [-0.15, -0.1) is 0 Å². The number of nitrogens with one attached hydrogen (secondary N) is 1. The molecule has 0 saturated heterocycles. The number of amides is 1. The largest absolute Gasteiger partial charge is 0.493 e. The minimum Gasteiger partial charge on any atom is -0.493 e. The van der Waals surface area contributed by atoms with Crippen molar-refractivity contribution in [2.24, 2.45) is 11.7 Å². The van der Waals surface area contributed by atoms with E-state index >= 15 is 0 Å². The lowest BCUT2D eigenvalue weighted by Gasteiger charge is -2.18. The van der Waals surface area contributed by atoms with E-state index in [1.165, 1.54) is 0 Å². The maximum absolute atomic E-state index is 12.2. The number of hydrogen-bond acceptors (Lipinski definition) is 4. The van der Waals surface area contributed by atoms with Crippen molar-refractivity contribution in [1.82, 2.24) is 5.32 Å². The SMILES string of the molecule is COc1ccc(C(C)NC(=O)C2C=CC(N)C2)cc1OC. The van der Waals surface area contributed by atoms with Gasteiger partial charge in [-0.2, -0.15) is 0 Å². The minimum absolute atomic E-state index is 0.00137. The van der Waals surface area contributed by atoms with E-state index in [0.717, 1.165) is 5.56 Å². The summed E-state index contributed by atoms with van der Waals surface area (Å²) in [5.41, 5.74) is 6.74. The van der Waals surface area contributed by atoms with Gasteiger partial charge in [0, 0.05) is 6.04 Å². The molecular formula is C16H22N2O3. The highest BCUT2D eigenvalue weighted by atomic mass is 16.5. The molecule has 1 aliphatic rings. The Kier molecular flexibility index (Phi) is 4.85. The molecule has 3 N–H and O–H groups in total. The third-order valence-corrected chi connectivity index (χ3v) is 3.72. The fourth-order valence-electron chi connectivity index (χ4n) is 2.45. The molecule has 0 aromatic heterocycles. The van der Waals surface area contributed by atoms with Crippen LogP contribution in [0.4, 0.5) is 0 Å². The average Bonchev–Trinajstić information content (AvgIpc) is 2.93. The fourth-order valence-corrected chi connectivity index (χ4v) is 2.45. The molecule has 2 rings (SSSR count). The zero-order chi connectivity index (χ0) is 15.4. The first-order valence-corrected chi connectivity index (χ1v) is 7.01. The van der Waals surface area contributed by atoms with Gasteiger partial charge in [0.1, 0.15) is 0 Å². The Morgan fingerprint density at radius 1 is 1.29 bits per heavy atom. The average molecular weight is 290 g/mol. The van der Waals surface area contributed by atoms with Crippen molar-refractivity contribution in [2.75, 3.05) is 14.2 Å². The Labute approximate surface area is 125 Å². The van der Waals surface area contributed by atoms with E-state index < -0.39 is 0 Å². The first-order valence-electron chi connectivity index (χ1n) is 7.01. The van der Waals surface area contributed by atoms with E-state index in [-0.39, 0.29) is 23.9 Å². The van der Waals surface area contributed by atoms with Crippen LogP contribution in [0, 0.1) is 5.92 Å². The molecule has 0 spiro atoms. The van der Waals surface area contributed by atoms with Gasteiger partial charge in [0.15, 0.2) is 11.5 Å². The summed E-state index contributed by atoms with van der Waals surface area (Å²) < 4.78 is 10.5. The van der Waals surface area contributed by atoms with Gasteiger partial charge in [-0.1, -0.05) is 18.2 Å². The molecule has 3 atom stereocenters. The number of benzene rings is 1. The van der Waals surface area contributed by atoms with Crippen molar-refractivity contribution in [3.8, 4) is 11.5 Å². The number of nitrogens with two attached hydrogens (primary N) is 1. The Hall–Kier alpha value is -2.01. The number of carbonyl (C=O) groups excluding carboxylic acids is 1. The van der Waals surface area contributed by atoms with Crippen LogP contribution in [0.5, 0.6) is 11.5 Å². The topological polar surface area (TPSA) is 73.6 Å². The van der Waals surface area contributed by atoms with Gasteiger partial charge in [-0.3, -0.25) is 4.79 Å². The second-order valence-corrected chi connectivity index (χ2v) is 5.24. The van der Waals surface area contributed by atoms with E-state index in [1.807, 2.05) is 37.3 Å². The molecule has 1 aromatic rings. The smallest absolute Gasteiger partial charge is 0.227 e. The molecule has 1 aromatic carbocycles. The van der Waals surface area contributed by atoms with Crippen molar-refractivity contribution in [2.45, 2.75) is 25.4 Å². The second-order valence-electron chi connectivity index (χ2n) is 5.24. The number of rotatable bonds is 5. The lowest BCUT2D eigenvalue weighted by molar-refractivity contribution is -0.124. The molecule has 114 valence electrons. The Bertz CT molecular complexity index is 542. The molecule has 0 fully saturated rings. The predicted molar refractivity (Wildman–Crippen MR) is 81.3 cm³/mol. The van der Waals surface area contributed by atoms with Gasteiger partial charge in [0.2, 0.25) is 5.91 Å². The maximum Gasteiger partial charge on any atom is 0.227 e. The van der Waals surface area contributed by atoms with Crippen LogP contribution in [0.2, 0.25) is 0 Å². The molecule has 0 bridgehead atoms. The molecular weight excluding hydrogens is 268 g/mol. The Morgan fingerprint density at radius 3 is 2.57 bits per heavy atom. The normalized spacial score (nSPS) is 21.9. The van der Waals surface area contributed by atoms with Crippen LogP contribution < -0.4 is 20.5 Å². The van der Waals surface area contributed by atoms with Crippen molar-refractivity contribution in [3.63, 3.8) is 0 Å². The van der Waals surface area contributed by atoms with Crippen molar-refractivity contribution in [1.29, 1.82) is 0 Å². The number of carbonyl (C=O) groups is 1. The van der Waals surface area contributed by atoms with Gasteiger partial charge < -0.3 is 20.5 Å². The molecule has 21 heavy (non-hydrogen) atoms. The van der Waals surface area contributed by atoms with Crippen molar-refractivity contribution >= 4 is 5.91 Å². The van der Waals surface area contributed by atoms with E-state index in [2.05, 4.69) is 5.32 Å². The summed E-state index contributed by atoms with van der Waals surface area (Å²) in [6, 6.07) is 5.50. The van der Waals surface area contributed by atoms with Crippen LogP contribution in [-0.4, -0.2) is 26.2 Å². The van der Waals surface area contributed by atoms with Gasteiger partial charge in [-0.25, -0.2) is 0 Å². The third kappa shape index (κ3) is 3.55. The standard InChI is InChI=1S/C16H22N2O3/c1-10(18-16(19)12-4-6-13(17)8-12)11-5-7-14(20-2)15(9-11)21-3/h4-7,9-10,12-13H,8,17H2,1-3H3,(H,18,19). The summed E-state index contributed by atoms with van der Waals surface area (Å²) >= 11 is 0. The second kappa shape index (κ2) is 6.63. The molecule has 1 amide bonds. The summed E-state index contributed by atoms with van der Waals surface area (Å²) in [6.07, 6.45) is 4.43. The van der Waals surface area contributed by atoms with Crippen LogP contribution in [0.3, 0.4) is 0 Å². The molecule has 0 radical (unpaired) electrons. The molecule has 5 nitrogen and oxygen atoms in total. The fraction of sp³-hybridized carbons (Fsp3) is 0.438. The zero-order valence-corrected chi connectivity index (χ0v) is 12.6. The van der Waals surface area contributed by atoms with E-state index in [1.54, 1.807) is 14.2 Å². The zero-order valence-electron chi connectivity index (χ0n) is 12.6. The first kappa shape index (κ1) is 15.4. The van der Waals surface area contributed by atoms with E-state index in [0.29, 0.717) is 17.9 Å². The summed E-state index contributed by atoms with van der Waals surface area (Å²) in [4.78, 5) is 12.2. The highest BCUT2D eigenvalue weighted by Gasteiger charge is 2.24. The Balaban J connectivity index is 2.04. The summed E-state index contributed by atoms with van der Waals surface area (Å²) in [6.45, 7) is 1.94. The summed E-state index contributed by atoms with van der Waals surface area (Å²) in [5.74, 6) is 1.19. The first-order chi connectivity index (χ1) is 10.0. The van der Waals surface area contributed by atoms with Crippen molar-refractivity contribution < 1.29 is 14.3 Å². The van der Waals surface area contributed by atoms with E-state index in [4.69, 9.17) is 15.2 Å². The van der Waals surface area contributed by atoms with Gasteiger partial charge in [0.05, 0.1) is 26.2 Å².